The maximum atomic E-state index is 3.99. The van der Waals surface area contributed by atoms with E-state index in [9.17, 15) is 0 Å². The molecule has 0 aliphatic rings. The van der Waals surface area contributed by atoms with Crippen LogP contribution in [0.1, 0.15) is 110 Å². The SMILES string of the molecule is C=CC[N+](C)(CCCCCCCCC)CCCCCCCCCC. The second-order valence-electron chi connectivity index (χ2n) is 8.13. The molecule has 0 radical (unpaired) electrons. The molecule has 0 aromatic carbocycles. The van der Waals surface area contributed by atoms with Crippen LogP contribution in [-0.4, -0.2) is 31.2 Å². The molecule has 0 saturated carbocycles. The molecule has 1 heteroatoms. The van der Waals surface area contributed by atoms with E-state index in [2.05, 4.69) is 33.6 Å². The summed E-state index contributed by atoms with van der Waals surface area (Å²) in [5, 5.41) is 0. The Kier molecular flexibility index (Phi) is 17.3. The summed E-state index contributed by atoms with van der Waals surface area (Å²) in [4.78, 5) is 0. The van der Waals surface area contributed by atoms with Gasteiger partial charge in [-0.15, -0.1) is 0 Å². The third-order valence-electron chi connectivity index (χ3n) is 5.42. The number of nitrogens with zero attached hydrogens (tertiary/aromatic N) is 1. The van der Waals surface area contributed by atoms with Gasteiger partial charge >= 0.3 is 0 Å². The zero-order valence-corrected chi connectivity index (χ0v) is 17.5. The minimum Gasteiger partial charge on any atom is -0.323 e. The van der Waals surface area contributed by atoms with Gasteiger partial charge in [-0.2, -0.15) is 0 Å². The van der Waals surface area contributed by atoms with Crippen molar-refractivity contribution in [2.24, 2.45) is 0 Å². The summed E-state index contributed by atoms with van der Waals surface area (Å²) in [5.74, 6) is 0. The Labute approximate surface area is 154 Å². The molecule has 1 atom stereocenters. The van der Waals surface area contributed by atoms with Crippen molar-refractivity contribution in [2.45, 2.75) is 110 Å². The molecule has 0 spiro atoms. The van der Waals surface area contributed by atoms with E-state index in [4.69, 9.17) is 0 Å². The molecule has 1 unspecified atom stereocenters. The van der Waals surface area contributed by atoms with E-state index in [1.54, 1.807) is 0 Å². The Balaban J connectivity index is 3.69. The molecule has 144 valence electrons. The predicted octanol–water partition coefficient (Wildman–Crippen LogP) is 7.51. The van der Waals surface area contributed by atoms with Crippen molar-refractivity contribution in [3.05, 3.63) is 12.7 Å². The zero-order valence-electron chi connectivity index (χ0n) is 17.5. The molecule has 0 aromatic heterocycles. The quantitative estimate of drug-likeness (QED) is 0.130. The van der Waals surface area contributed by atoms with Gasteiger partial charge in [0.25, 0.3) is 0 Å². The van der Waals surface area contributed by atoms with E-state index >= 15 is 0 Å². The molecule has 0 N–H and O–H groups in total. The largest absolute Gasteiger partial charge is 0.323 e. The van der Waals surface area contributed by atoms with Crippen molar-refractivity contribution in [1.29, 1.82) is 0 Å². The normalized spacial score (nSPS) is 13.8. The van der Waals surface area contributed by atoms with Gasteiger partial charge in [-0.05, 0) is 31.8 Å². The summed E-state index contributed by atoms with van der Waals surface area (Å²) in [5.41, 5.74) is 0. The van der Waals surface area contributed by atoms with E-state index in [1.165, 1.54) is 114 Å². The molecular formula is C23H48N+. The number of unbranched alkanes of at least 4 members (excludes halogenated alkanes) is 13. The lowest BCUT2D eigenvalue weighted by atomic mass is 10.1. The fourth-order valence-corrected chi connectivity index (χ4v) is 3.68. The monoisotopic (exact) mass is 338 g/mol. The average Bonchev–Trinajstić information content (AvgIpc) is 2.57. The molecule has 0 bridgehead atoms. The zero-order chi connectivity index (χ0) is 17.9. The van der Waals surface area contributed by atoms with Gasteiger partial charge in [0.05, 0.1) is 26.7 Å². The van der Waals surface area contributed by atoms with Gasteiger partial charge in [-0.1, -0.05) is 91.1 Å². The van der Waals surface area contributed by atoms with E-state index in [-0.39, 0.29) is 0 Å². The first-order valence-corrected chi connectivity index (χ1v) is 11.1. The van der Waals surface area contributed by atoms with Crippen LogP contribution in [0.5, 0.6) is 0 Å². The van der Waals surface area contributed by atoms with Crippen LogP contribution in [0.3, 0.4) is 0 Å². The Morgan fingerprint density at radius 1 is 0.583 bits per heavy atom. The molecule has 0 saturated heterocycles. The summed E-state index contributed by atoms with van der Waals surface area (Å²) in [6.45, 7) is 12.4. The van der Waals surface area contributed by atoms with Gasteiger partial charge in [0.15, 0.2) is 0 Å². The summed E-state index contributed by atoms with van der Waals surface area (Å²) in [6.07, 6.45) is 23.4. The van der Waals surface area contributed by atoms with Crippen LogP contribution in [0.4, 0.5) is 0 Å². The van der Waals surface area contributed by atoms with Gasteiger partial charge in [0.1, 0.15) is 0 Å². The molecule has 0 aliphatic heterocycles. The highest BCUT2D eigenvalue weighted by Crippen LogP contribution is 2.14. The van der Waals surface area contributed by atoms with E-state index in [0.29, 0.717) is 0 Å². The number of rotatable bonds is 19. The second kappa shape index (κ2) is 17.5. The van der Waals surface area contributed by atoms with Crippen molar-refractivity contribution >= 4 is 0 Å². The minimum atomic E-state index is 1.15. The first kappa shape index (κ1) is 23.7. The summed E-state index contributed by atoms with van der Waals surface area (Å²) < 4.78 is 1.22. The summed E-state index contributed by atoms with van der Waals surface area (Å²) in [6, 6.07) is 0. The van der Waals surface area contributed by atoms with Crippen LogP contribution in [0.15, 0.2) is 12.7 Å². The lowest BCUT2D eigenvalue weighted by Gasteiger charge is -2.34. The first-order chi connectivity index (χ1) is 11.7. The molecule has 0 aromatic rings. The van der Waals surface area contributed by atoms with Gasteiger partial charge in [0.2, 0.25) is 0 Å². The standard InChI is InChI=1S/C23H48N/c1-5-8-10-12-14-16-18-20-23-24(4,21-7-3)22-19-17-15-13-11-9-6-2/h7H,3,5-6,8-23H2,1-2,4H3/q+1. The van der Waals surface area contributed by atoms with Crippen LogP contribution < -0.4 is 0 Å². The predicted molar refractivity (Wildman–Crippen MR) is 112 cm³/mol. The van der Waals surface area contributed by atoms with Crippen LogP contribution in [0.2, 0.25) is 0 Å². The van der Waals surface area contributed by atoms with E-state index < -0.39 is 0 Å². The smallest absolute Gasteiger partial charge is 0.0969 e. The molecule has 0 rings (SSSR count). The van der Waals surface area contributed by atoms with Crippen molar-refractivity contribution < 1.29 is 4.48 Å². The molecule has 0 amide bonds. The van der Waals surface area contributed by atoms with Gasteiger partial charge in [-0.25, -0.2) is 0 Å². The molecule has 24 heavy (non-hydrogen) atoms. The molecule has 0 fully saturated rings. The highest BCUT2D eigenvalue weighted by Gasteiger charge is 2.18. The Hall–Kier alpha value is -0.300. The van der Waals surface area contributed by atoms with E-state index in [1.807, 2.05) is 0 Å². The van der Waals surface area contributed by atoms with Gasteiger partial charge in [-0.3, -0.25) is 0 Å². The lowest BCUT2D eigenvalue weighted by Crippen LogP contribution is -2.45. The molecule has 0 aliphatic carbocycles. The summed E-state index contributed by atoms with van der Waals surface area (Å²) >= 11 is 0. The molecular weight excluding hydrogens is 290 g/mol. The van der Waals surface area contributed by atoms with Crippen LogP contribution >= 0.6 is 0 Å². The number of likely N-dealkylation sites (N-methyl/N-ethyl adjacent to an activating group) is 1. The van der Waals surface area contributed by atoms with Crippen LogP contribution in [-0.2, 0) is 0 Å². The number of quaternary nitrogens is 1. The molecule has 1 nitrogen and oxygen atoms in total. The highest BCUT2D eigenvalue weighted by atomic mass is 15.3. The van der Waals surface area contributed by atoms with Crippen molar-refractivity contribution in [1.82, 2.24) is 0 Å². The minimum absolute atomic E-state index is 1.15. The summed E-state index contributed by atoms with van der Waals surface area (Å²) in [7, 11) is 2.44. The fraction of sp³-hybridized carbons (Fsp3) is 0.913. The maximum absolute atomic E-state index is 3.99. The van der Waals surface area contributed by atoms with Gasteiger partial charge < -0.3 is 4.48 Å². The van der Waals surface area contributed by atoms with Crippen LogP contribution in [0.25, 0.3) is 0 Å². The second-order valence-corrected chi connectivity index (χ2v) is 8.13. The van der Waals surface area contributed by atoms with Gasteiger partial charge in [0, 0.05) is 0 Å². The maximum Gasteiger partial charge on any atom is 0.0969 e. The third-order valence-corrected chi connectivity index (χ3v) is 5.42. The number of hydrogen-bond acceptors (Lipinski definition) is 0. The Morgan fingerprint density at radius 3 is 1.25 bits per heavy atom. The topological polar surface area (TPSA) is 0 Å². The fourth-order valence-electron chi connectivity index (χ4n) is 3.68. The van der Waals surface area contributed by atoms with Crippen molar-refractivity contribution in [3.63, 3.8) is 0 Å². The number of hydrogen-bond donors (Lipinski definition) is 0. The molecule has 0 heterocycles. The third kappa shape index (κ3) is 15.2. The van der Waals surface area contributed by atoms with Crippen LogP contribution in [0, 0.1) is 0 Å². The first-order valence-electron chi connectivity index (χ1n) is 11.1. The van der Waals surface area contributed by atoms with E-state index in [0.717, 1.165) is 6.54 Å². The lowest BCUT2D eigenvalue weighted by molar-refractivity contribution is -0.904. The Morgan fingerprint density at radius 2 is 0.917 bits per heavy atom. The highest BCUT2D eigenvalue weighted by molar-refractivity contribution is 4.65. The average molecular weight is 339 g/mol. The van der Waals surface area contributed by atoms with Crippen molar-refractivity contribution in [3.8, 4) is 0 Å². The Bertz CT molecular complexity index is 261. The van der Waals surface area contributed by atoms with Crippen molar-refractivity contribution in [2.75, 3.05) is 26.7 Å².